The molecular weight excluding hydrogens is 328 g/mol. The van der Waals surface area contributed by atoms with Crippen molar-refractivity contribution >= 4 is 31.9 Å². The van der Waals surface area contributed by atoms with Gasteiger partial charge in [-0.1, -0.05) is 50.1 Å². The quantitative estimate of drug-likeness (QED) is 0.644. The monoisotopic (exact) mass is 338 g/mol. The lowest BCUT2D eigenvalue weighted by Gasteiger charge is -2.10. The summed E-state index contributed by atoms with van der Waals surface area (Å²) in [6, 6.07) is 12.8. The van der Waals surface area contributed by atoms with Crippen molar-refractivity contribution in [3.63, 3.8) is 0 Å². The van der Waals surface area contributed by atoms with Crippen molar-refractivity contribution in [3.05, 3.63) is 56.5 Å². The first kappa shape index (κ1) is 11.9. The lowest BCUT2D eigenvalue weighted by molar-refractivity contribution is 1.37. The minimum atomic E-state index is 1.10. The maximum Gasteiger partial charge on any atom is 0.0192 e. The molecule has 16 heavy (non-hydrogen) atoms. The zero-order valence-electron chi connectivity index (χ0n) is 9.22. The highest BCUT2D eigenvalue weighted by molar-refractivity contribution is 9.11. The number of hydrogen-bond donors (Lipinski definition) is 0. The first-order chi connectivity index (χ1) is 7.58. The smallest absolute Gasteiger partial charge is 0.0192 e. The van der Waals surface area contributed by atoms with Crippen molar-refractivity contribution < 1.29 is 0 Å². The fourth-order valence-corrected chi connectivity index (χ4v) is 3.26. The third-order valence-corrected chi connectivity index (χ3v) is 3.55. The Morgan fingerprint density at radius 2 is 1.31 bits per heavy atom. The van der Waals surface area contributed by atoms with Crippen LogP contribution in [0.4, 0.5) is 0 Å². The Bertz CT molecular complexity index is 490. The summed E-state index contributed by atoms with van der Waals surface area (Å²) in [7, 11) is 0. The third kappa shape index (κ3) is 2.38. The van der Waals surface area contributed by atoms with Crippen LogP contribution in [0.3, 0.4) is 0 Å². The van der Waals surface area contributed by atoms with Crippen LogP contribution in [-0.4, -0.2) is 0 Å². The summed E-state index contributed by atoms with van der Waals surface area (Å²) in [5, 5.41) is 0. The van der Waals surface area contributed by atoms with E-state index in [1.165, 1.54) is 22.3 Å². The first-order valence-electron chi connectivity index (χ1n) is 5.10. The van der Waals surface area contributed by atoms with E-state index in [0.29, 0.717) is 0 Å². The second-order valence-corrected chi connectivity index (χ2v) is 5.76. The predicted molar refractivity (Wildman–Crippen MR) is 76.8 cm³/mol. The minimum Gasteiger partial charge on any atom is -0.0617 e. The molecule has 0 saturated heterocycles. The summed E-state index contributed by atoms with van der Waals surface area (Å²) in [5.41, 5.74) is 5.19. The van der Waals surface area contributed by atoms with Crippen LogP contribution in [0.5, 0.6) is 0 Å². The molecule has 0 amide bonds. The van der Waals surface area contributed by atoms with Gasteiger partial charge >= 0.3 is 0 Å². The summed E-state index contributed by atoms with van der Waals surface area (Å²) in [6.45, 7) is 4.30. The molecule has 0 unspecified atom stereocenters. The van der Waals surface area contributed by atoms with Gasteiger partial charge in [0.05, 0.1) is 0 Å². The molecule has 0 spiro atoms. The van der Waals surface area contributed by atoms with Crippen molar-refractivity contribution in [2.24, 2.45) is 0 Å². The van der Waals surface area contributed by atoms with E-state index in [0.717, 1.165) is 8.95 Å². The van der Waals surface area contributed by atoms with Gasteiger partial charge in [-0.2, -0.15) is 0 Å². The SMILES string of the molecule is Cc1cccc(C)c1-c1cc(Br)cc(Br)c1. The molecule has 0 bridgehead atoms. The Morgan fingerprint density at radius 1 is 0.812 bits per heavy atom. The summed E-state index contributed by atoms with van der Waals surface area (Å²) in [4.78, 5) is 0. The van der Waals surface area contributed by atoms with Crippen molar-refractivity contribution in [1.82, 2.24) is 0 Å². The second kappa shape index (κ2) is 4.72. The molecule has 2 aromatic carbocycles. The van der Waals surface area contributed by atoms with E-state index in [-0.39, 0.29) is 0 Å². The highest BCUT2D eigenvalue weighted by Crippen LogP contribution is 2.31. The van der Waals surface area contributed by atoms with Gasteiger partial charge in [0.15, 0.2) is 0 Å². The Balaban J connectivity index is 2.67. The van der Waals surface area contributed by atoms with E-state index in [2.05, 4.69) is 82.1 Å². The van der Waals surface area contributed by atoms with Crippen LogP contribution >= 0.6 is 31.9 Å². The minimum absolute atomic E-state index is 1.10. The normalized spacial score (nSPS) is 10.5. The Hall–Kier alpha value is -0.600. The Labute approximate surface area is 113 Å². The van der Waals surface area contributed by atoms with Gasteiger partial charge in [-0.15, -0.1) is 0 Å². The molecule has 0 nitrogen and oxygen atoms in total. The average molecular weight is 340 g/mol. The van der Waals surface area contributed by atoms with Gasteiger partial charge in [0.2, 0.25) is 0 Å². The van der Waals surface area contributed by atoms with E-state index in [1.54, 1.807) is 0 Å². The number of halogens is 2. The molecule has 2 rings (SSSR count). The summed E-state index contributed by atoms with van der Waals surface area (Å²) >= 11 is 7.06. The van der Waals surface area contributed by atoms with Crippen molar-refractivity contribution in [1.29, 1.82) is 0 Å². The van der Waals surface area contributed by atoms with Gasteiger partial charge in [-0.05, 0) is 54.3 Å². The Kier molecular flexibility index (Phi) is 3.50. The molecule has 0 N–H and O–H groups in total. The first-order valence-corrected chi connectivity index (χ1v) is 6.69. The van der Waals surface area contributed by atoms with Gasteiger partial charge < -0.3 is 0 Å². The topological polar surface area (TPSA) is 0 Å². The van der Waals surface area contributed by atoms with Gasteiger partial charge in [0, 0.05) is 8.95 Å². The van der Waals surface area contributed by atoms with E-state index < -0.39 is 0 Å². The van der Waals surface area contributed by atoms with Crippen LogP contribution in [0.1, 0.15) is 11.1 Å². The summed E-state index contributed by atoms with van der Waals surface area (Å²) in [5.74, 6) is 0. The maximum atomic E-state index is 3.53. The molecule has 0 radical (unpaired) electrons. The number of rotatable bonds is 1. The van der Waals surface area contributed by atoms with Crippen LogP contribution in [-0.2, 0) is 0 Å². The second-order valence-electron chi connectivity index (χ2n) is 3.92. The third-order valence-electron chi connectivity index (χ3n) is 2.63. The summed E-state index contributed by atoms with van der Waals surface area (Å²) in [6.07, 6.45) is 0. The van der Waals surface area contributed by atoms with Crippen LogP contribution in [0.25, 0.3) is 11.1 Å². The molecule has 0 aliphatic carbocycles. The molecule has 0 aliphatic rings. The van der Waals surface area contributed by atoms with Crippen LogP contribution in [0.15, 0.2) is 45.3 Å². The molecule has 82 valence electrons. The average Bonchev–Trinajstić information content (AvgIpc) is 2.15. The van der Waals surface area contributed by atoms with Gasteiger partial charge in [0.25, 0.3) is 0 Å². The van der Waals surface area contributed by atoms with Crippen molar-refractivity contribution in [2.45, 2.75) is 13.8 Å². The van der Waals surface area contributed by atoms with Gasteiger partial charge in [-0.25, -0.2) is 0 Å². The molecule has 0 heterocycles. The lowest BCUT2D eigenvalue weighted by Crippen LogP contribution is -1.87. The predicted octanol–water partition coefficient (Wildman–Crippen LogP) is 5.50. The Morgan fingerprint density at radius 3 is 1.81 bits per heavy atom. The number of benzene rings is 2. The molecule has 2 aromatic rings. The molecule has 0 aliphatic heterocycles. The number of hydrogen-bond acceptors (Lipinski definition) is 0. The highest BCUT2D eigenvalue weighted by atomic mass is 79.9. The maximum absolute atomic E-state index is 3.53. The molecule has 0 aromatic heterocycles. The van der Waals surface area contributed by atoms with Gasteiger partial charge in [0.1, 0.15) is 0 Å². The van der Waals surface area contributed by atoms with E-state index in [9.17, 15) is 0 Å². The molecule has 2 heteroatoms. The zero-order chi connectivity index (χ0) is 11.7. The lowest BCUT2D eigenvalue weighted by atomic mass is 9.96. The molecule has 0 fully saturated rings. The molecule has 0 saturated carbocycles. The fraction of sp³-hybridized carbons (Fsp3) is 0.143. The van der Waals surface area contributed by atoms with Crippen LogP contribution < -0.4 is 0 Å². The molecular formula is C14H12Br2. The van der Waals surface area contributed by atoms with E-state index in [1.807, 2.05) is 0 Å². The largest absolute Gasteiger partial charge is 0.0617 e. The zero-order valence-corrected chi connectivity index (χ0v) is 12.4. The van der Waals surface area contributed by atoms with E-state index in [4.69, 9.17) is 0 Å². The standard InChI is InChI=1S/C14H12Br2/c1-9-4-3-5-10(2)14(9)11-6-12(15)8-13(16)7-11/h3-8H,1-2H3. The van der Waals surface area contributed by atoms with E-state index >= 15 is 0 Å². The fourth-order valence-electron chi connectivity index (χ4n) is 1.97. The molecule has 0 atom stereocenters. The highest BCUT2D eigenvalue weighted by Gasteiger charge is 2.06. The van der Waals surface area contributed by atoms with Crippen molar-refractivity contribution in [2.75, 3.05) is 0 Å². The number of aryl methyl sites for hydroxylation is 2. The summed E-state index contributed by atoms with van der Waals surface area (Å²) < 4.78 is 2.19. The van der Waals surface area contributed by atoms with Crippen LogP contribution in [0, 0.1) is 13.8 Å². The van der Waals surface area contributed by atoms with Crippen molar-refractivity contribution in [3.8, 4) is 11.1 Å². The van der Waals surface area contributed by atoms with Crippen LogP contribution in [0.2, 0.25) is 0 Å². The van der Waals surface area contributed by atoms with Gasteiger partial charge in [-0.3, -0.25) is 0 Å².